The molecular formula is C102H170N20O21S4. The molecule has 0 aromatic carbocycles. The molecule has 45 heteroatoms. The molecule has 41 nitrogen and oxygen atoms in total. The summed E-state index contributed by atoms with van der Waals surface area (Å²) in [6, 6.07) is -10.7. The van der Waals surface area contributed by atoms with Gasteiger partial charge in [-0.2, -0.15) is 38.4 Å². The van der Waals surface area contributed by atoms with Crippen LogP contribution in [-0.2, 0) is 94.5 Å². The van der Waals surface area contributed by atoms with Crippen LogP contribution < -0.4 is 64.6 Å². The molecule has 5 saturated heterocycles. The molecule has 7 heterocycles. The van der Waals surface area contributed by atoms with Crippen molar-refractivity contribution in [3.05, 3.63) is 29.0 Å². The van der Waals surface area contributed by atoms with Crippen LogP contribution in [0.25, 0.3) is 0 Å². The molecule has 17 atom stereocenters. The van der Waals surface area contributed by atoms with Gasteiger partial charge in [-0.25, -0.2) is 22.8 Å². The van der Waals surface area contributed by atoms with Gasteiger partial charge in [0.05, 0.1) is 28.6 Å². The maximum atomic E-state index is 14.4. The summed E-state index contributed by atoms with van der Waals surface area (Å²) >= 11 is 1.40. The number of rotatable bonds is 38. The summed E-state index contributed by atoms with van der Waals surface area (Å²) in [5, 5.41) is 30.2. The summed E-state index contributed by atoms with van der Waals surface area (Å²) in [6.45, 7) is 57.7. The van der Waals surface area contributed by atoms with Crippen LogP contribution in [0.15, 0.2) is 29.0 Å². The largest absolute Gasteiger partial charge is 0.363 e. The molecule has 3 unspecified atom stereocenters. The number of amides is 15. The topological polar surface area (TPSA) is 557 Å². The van der Waals surface area contributed by atoms with Gasteiger partial charge < -0.3 is 79.3 Å². The summed E-state index contributed by atoms with van der Waals surface area (Å²) in [5.74, 6) is -8.42. The summed E-state index contributed by atoms with van der Waals surface area (Å²) in [5.41, 5.74) is 5.82. The molecule has 1 aromatic rings. The van der Waals surface area contributed by atoms with Crippen LogP contribution in [0.5, 0.6) is 0 Å². The van der Waals surface area contributed by atoms with Crippen LogP contribution in [0.3, 0.4) is 0 Å². The van der Waals surface area contributed by atoms with E-state index in [0.29, 0.717) is 82.8 Å². The standard InChI is InChI=1S/C35H61N7O7S.C34H52N6O7S2.C33H57N7O7S/c1-13-15-23(27(43)30(45)36-16-14-2)37-29(44)26-25-22(35(25,11)12)19-41(26)31(46)28(34(8,9)10)39-32(47)38-24(33(5,6)7)20-40-17-18-42(21(3)4)50(40,48)49;1-7-8-12-21(26(41)28(35)42)36-29(43)25-24-20(33(24,5)6)17-40(25)30(44)27(32(2,3)4)37-31(45)38-34(14-10-9-11-15-34)19-39-18-22-23(13-16-48-22)49(39,46)47;1-18(2)40-14-13-38(48(40,46)47)17-22(31(3,4)5)36-30(45)37-26(32(6,7)8)29(44)39-16-20-23(33(20,9)10)24(39)28(43)35-21(15-19-11-12-19)25(41)27(34)42/h14,21-26,28H,2,13,15-20H2,1,3-12H3,(H,36,45)(H,37,44)(H2,38,39,47);13,16,20-21,24-25,27H,7-12,14-15,17-19H2,1-6H3,(H2,35,42)(H,36,43)(H2,37,38,45);18-24,26H,11-17H2,1-10H3,(H2,34,42)(H,35,43)(H2,36,37,45)/t22-,23?,24+,25-,26-,28+;20-,21?,24-,25-,27+;20-,21?,22+,23-,24-,26+/m000/s1. The Labute approximate surface area is 874 Å². The van der Waals surface area contributed by atoms with E-state index >= 15 is 0 Å². The van der Waals surface area contributed by atoms with E-state index < -0.39 is 218 Å². The highest BCUT2D eigenvalue weighted by molar-refractivity contribution is 7.89. The van der Waals surface area contributed by atoms with Gasteiger partial charge in [0.1, 0.15) is 36.3 Å². The quantitative estimate of drug-likeness (QED) is 0.0262. The first-order chi connectivity index (χ1) is 67.6. The van der Waals surface area contributed by atoms with E-state index in [1.54, 1.807) is 11.4 Å². The average Bonchev–Trinajstić information content (AvgIpc) is 1.53. The number of nitrogens with two attached hydrogens (primary N) is 2. The number of Topliss-reactive ketones (excluding diaryl/α,β-unsaturated/α-hetero) is 3. The highest BCUT2D eigenvalue weighted by atomic mass is 32.2. The average molecular weight is 2140 g/mol. The smallest absolute Gasteiger partial charge is 0.315 e. The van der Waals surface area contributed by atoms with Crippen molar-refractivity contribution in [3.8, 4) is 0 Å². The number of fused-ring (bicyclic) bond motifs is 4. The molecule has 0 spiro atoms. The molecule has 0 bridgehead atoms. The summed E-state index contributed by atoms with van der Waals surface area (Å²) in [6.07, 6.45) is 9.82. The van der Waals surface area contributed by atoms with Gasteiger partial charge in [-0.15, -0.1) is 17.9 Å². The predicted molar refractivity (Wildman–Crippen MR) is 557 cm³/mol. The number of hydrogen-bond acceptors (Lipinski definition) is 22. The minimum atomic E-state index is -3.69. The second kappa shape index (κ2) is 45.2. The van der Waals surface area contributed by atoms with E-state index in [1.165, 1.54) is 53.6 Å². The van der Waals surface area contributed by atoms with E-state index in [4.69, 9.17) is 11.5 Å². The Hall–Kier alpha value is -8.86. The van der Waals surface area contributed by atoms with Crippen LogP contribution in [0.2, 0.25) is 0 Å². The lowest BCUT2D eigenvalue weighted by molar-refractivity contribution is -0.145. The second-order valence-corrected chi connectivity index (χ2v) is 57.0. The molecule has 147 heavy (non-hydrogen) atoms. The zero-order valence-electron chi connectivity index (χ0n) is 91.6. The van der Waals surface area contributed by atoms with Gasteiger partial charge >= 0.3 is 18.1 Å². The van der Waals surface area contributed by atoms with Gasteiger partial charge in [-0.1, -0.05) is 217 Å². The number of likely N-dealkylation sites (tertiary alicyclic amines) is 3. The van der Waals surface area contributed by atoms with Crippen molar-refractivity contribution in [2.75, 3.05) is 72.0 Å². The number of ketones is 3. The zero-order valence-corrected chi connectivity index (χ0v) is 94.9. The fourth-order valence-corrected chi connectivity index (χ4v) is 29.4. The lowest BCUT2D eigenvalue weighted by Crippen LogP contribution is -2.64. The highest BCUT2D eigenvalue weighted by Gasteiger charge is 2.73. The Kier molecular flexibility index (Phi) is 36.9. The van der Waals surface area contributed by atoms with Crippen LogP contribution in [0.4, 0.5) is 14.4 Å². The molecule has 1 aromatic heterocycles. The van der Waals surface area contributed by atoms with Gasteiger partial charge in [0, 0.05) is 108 Å². The fraction of sp³-hybridized carbons (Fsp3) is 0.794. The van der Waals surface area contributed by atoms with Gasteiger partial charge in [-0.3, -0.25) is 57.5 Å². The number of nitrogens with one attached hydrogen (secondary N) is 10. The number of hydrogen-bond donors (Lipinski definition) is 12. The van der Waals surface area contributed by atoms with Gasteiger partial charge in [0.15, 0.2) is 0 Å². The maximum Gasteiger partial charge on any atom is 0.315 e. The Bertz CT molecular complexity index is 5490. The molecule has 12 rings (SSSR count). The number of primary amides is 2. The first-order valence-electron chi connectivity index (χ1n) is 52.4. The number of unbranched alkanes of at least 4 members (excludes halogenated alkanes) is 1. The lowest BCUT2D eigenvalue weighted by Gasteiger charge is -2.42. The SMILES string of the molecule is C=CCNC(=O)C(=O)C(CCC)NC(=O)[C@@H]1[C@@H]2[C@H](CN1C(=O)[C@@H](NC(=O)N[C@H](CN1CCN(C(C)C)S1(=O)=O)C(C)(C)C)C(C)(C)C)C2(C)C.CC(C)N1CCN(C[C@@H](NC(=O)N[C@H](C(=O)N2C[C@H]3[C@@H]([C@H]2C(=O)NC(CC2CC2)C(=O)C(N)=O)C3(C)C)C(C)(C)C)C(C)(C)C)S1(=O)=O.CCCCC(NC(=O)[C@@H]1[C@@H]2[C@H](CN1C(=O)[C@@H](NC(=O)NC1(CN3Cc4sccc4S3(=O)=O)CCCCC1)C(C)(C)C)C2(C)C)C(=O)C(N)=O. The zero-order chi connectivity index (χ0) is 111. The molecule has 5 saturated carbocycles. The molecule has 5 aliphatic carbocycles. The molecule has 11 aliphatic rings. The molecule has 10 fully saturated rings. The molecule has 0 radical (unpaired) electrons. The predicted octanol–water partition coefficient (Wildman–Crippen LogP) is 6.11. The molecular weight excluding hydrogens is 1970 g/mol. The Balaban J connectivity index is 0.000000226. The Morgan fingerprint density at radius 2 is 0.850 bits per heavy atom. The Morgan fingerprint density at radius 3 is 1.18 bits per heavy atom. The number of carbonyl (C=O) groups is 15. The normalized spacial score (nSPS) is 26.0. The number of sulfonamides is 1. The summed E-state index contributed by atoms with van der Waals surface area (Å²) < 4.78 is 86.5. The molecule has 15 amide bonds. The summed E-state index contributed by atoms with van der Waals surface area (Å²) in [4.78, 5) is 206. The minimum absolute atomic E-state index is 0.0472. The number of nitrogens with zero attached hydrogens (tertiary/aromatic N) is 8. The maximum absolute atomic E-state index is 14.4. The van der Waals surface area contributed by atoms with Crippen molar-refractivity contribution in [3.63, 3.8) is 0 Å². The minimum Gasteiger partial charge on any atom is -0.363 e. The van der Waals surface area contributed by atoms with Crippen molar-refractivity contribution in [1.29, 1.82) is 0 Å². The fourth-order valence-electron chi connectivity index (χ4n) is 22.8. The van der Waals surface area contributed by atoms with Crippen LogP contribution in [-0.4, -0.2) is 306 Å². The van der Waals surface area contributed by atoms with Crippen molar-refractivity contribution >= 4 is 130 Å². The molecule has 828 valence electrons. The summed E-state index contributed by atoms with van der Waals surface area (Å²) in [7, 11) is -11.0. The first kappa shape index (κ1) is 120. The van der Waals surface area contributed by atoms with E-state index in [9.17, 15) is 97.2 Å². The van der Waals surface area contributed by atoms with E-state index in [-0.39, 0.29) is 115 Å². The second-order valence-electron chi connectivity index (χ2n) is 50.3. The van der Waals surface area contributed by atoms with Crippen molar-refractivity contribution in [2.45, 2.75) is 366 Å². The third-order valence-electron chi connectivity index (χ3n) is 32.5. The molecule has 6 aliphatic heterocycles. The van der Waals surface area contributed by atoms with Crippen molar-refractivity contribution in [2.24, 2.45) is 96.2 Å². The van der Waals surface area contributed by atoms with Crippen LogP contribution >= 0.6 is 11.3 Å². The van der Waals surface area contributed by atoms with Crippen LogP contribution in [0, 0.1) is 84.7 Å². The third kappa shape index (κ3) is 26.9. The number of piperidine rings is 3. The van der Waals surface area contributed by atoms with Crippen molar-refractivity contribution in [1.82, 2.24) is 89.4 Å². The highest BCUT2D eigenvalue weighted by Crippen LogP contribution is 2.67. The Morgan fingerprint density at radius 1 is 0.476 bits per heavy atom. The van der Waals surface area contributed by atoms with Gasteiger partial charge in [0.25, 0.3) is 38.1 Å². The van der Waals surface area contributed by atoms with Crippen LogP contribution in [0.1, 0.15) is 275 Å². The van der Waals surface area contributed by atoms with E-state index in [2.05, 4.69) is 59.7 Å². The lowest BCUT2D eigenvalue weighted by atomic mass is 9.81. The first-order valence-corrected chi connectivity index (χ1v) is 57.5. The number of carbonyl (C=O) groups excluding carboxylic acids is 15. The number of urea groups is 3. The molecule has 14 N–H and O–H groups in total. The van der Waals surface area contributed by atoms with E-state index in [0.717, 1.165) is 43.4 Å². The third-order valence-corrected chi connectivity index (χ3v) is 39.7. The number of thiophene rings is 1. The van der Waals surface area contributed by atoms with Crippen molar-refractivity contribution < 1.29 is 97.2 Å². The monoisotopic (exact) mass is 2140 g/mol. The van der Waals surface area contributed by atoms with Gasteiger partial charge in [-0.05, 0) is 156 Å². The van der Waals surface area contributed by atoms with Gasteiger partial charge in [0.2, 0.25) is 62.8 Å². The van der Waals surface area contributed by atoms with E-state index in [1.807, 2.05) is 187 Å².